The number of hydrogen-bond acceptors (Lipinski definition) is 3. The van der Waals surface area contributed by atoms with Gasteiger partial charge in [0.25, 0.3) is 5.91 Å². The minimum absolute atomic E-state index is 0.128. The Morgan fingerprint density at radius 3 is 2.60 bits per heavy atom. The van der Waals surface area contributed by atoms with Crippen LogP contribution in [0.3, 0.4) is 0 Å². The van der Waals surface area contributed by atoms with Crippen LogP contribution >= 0.6 is 12.2 Å². The Kier molecular flexibility index (Phi) is 3.47. The fraction of sp³-hybridized carbons (Fsp3) is 0.308. The molecule has 1 saturated heterocycles. The van der Waals surface area contributed by atoms with Gasteiger partial charge in [-0.25, -0.2) is 9.18 Å². The number of rotatable bonds is 3. The van der Waals surface area contributed by atoms with Gasteiger partial charge in [0, 0.05) is 11.1 Å². The molecule has 0 radical (unpaired) electrons. The lowest BCUT2D eigenvalue weighted by atomic mass is 10.1. The Morgan fingerprint density at radius 2 is 2.10 bits per heavy atom. The second-order valence-corrected chi connectivity index (χ2v) is 5.56. The molecule has 20 heavy (non-hydrogen) atoms. The molecule has 3 amide bonds. The third-order valence-corrected chi connectivity index (χ3v) is 3.34. The number of thiocarbonyl (C=S) groups is 1. The first-order chi connectivity index (χ1) is 9.22. The number of carbonyl (C=O) groups excluding carboxylic acids is 2. The van der Waals surface area contributed by atoms with Gasteiger partial charge in [-0.05, 0) is 32.0 Å². The molecule has 0 bridgehead atoms. The van der Waals surface area contributed by atoms with Crippen molar-refractivity contribution in [2.75, 3.05) is 0 Å². The lowest BCUT2D eigenvalue weighted by molar-refractivity contribution is -0.130. The van der Waals surface area contributed by atoms with Crippen LogP contribution in [0, 0.1) is 5.82 Å². The van der Waals surface area contributed by atoms with Crippen LogP contribution in [0.5, 0.6) is 0 Å². The van der Waals surface area contributed by atoms with Gasteiger partial charge in [-0.2, -0.15) is 0 Å². The number of benzene rings is 1. The zero-order valence-electron chi connectivity index (χ0n) is 11.1. The molecule has 3 N–H and O–H groups in total. The van der Waals surface area contributed by atoms with Gasteiger partial charge in [-0.15, -0.1) is 0 Å². The zero-order chi connectivity index (χ0) is 15.1. The van der Waals surface area contributed by atoms with E-state index >= 15 is 0 Å². The topological polar surface area (TPSA) is 75.4 Å². The molecule has 1 heterocycles. The lowest BCUT2D eigenvalue weighted by Crippen LogP contribution is -2.40. The molecule has 0 aromatic heterocycles. The van der Waals surface area contributed by atoms with Crippen molar-refractivity contribution in [1.29, 1.82) is 0 Å². The Morgan fingerprint density at radius 1 is 1.45 bits per heavy atom. The summed E-state index contributed by atoms with van der Waals surface area (Å²) in [7, 11) is 0. The van der Waals surface area contributed by atoms with Crippen molar-refractivity contribution < 1.29 is 14.0 Å². The van der Waals surface area contributed by atoms with Crippen LogP contribution in [0.4, 0.5) is 9.18 Å². The normalized spacial score (nSPS) is 17.2. The maximum absolute atomic E-state index is 13.8. The van der Waals surface area contributed by atoms with Crippen LogP contribution in [-0.4, -0.2) is 27.4 Å². The molecular weight excluding hydrogens is 281 g/mol. The molecule has 0 aliphatic carbocycles. The van der Waals surface area contributed by atoms with Crippen LogP contribution < -0.4 is 11.1 Å². The van der Waals surface area contributed by atoms with Crippen molar-refractivity contribution in [3.05, 3.63) is 35.1 Å². The molecule has 5 nitrogen and oxygen atoms in total. The van der Waals surface area contributed by atoms with Gasteiger partial charge in [-0.1, -0.05) is 12.2 Å². The van der Waals surface area contributed by atoms with Gasteiger partial charge in [0.2, 0.25) is 0 Å². The summed E-state index contributed by atoms with van der Waals surface area (Å²) in [6.45, 7) is 3.03. The van der Waals surface area contributed by atoms with Crippen molar-refractivity contribution in [3.8, 4) is 0 Å². The van der Waals surface area contributed by atoms with E-state index < -0.39 is 23.3 Å². The van der Waals surface area contributed by atoms with Crippen molar-refractivity contribution in [1.82, 2.24) is 10.2 Å². The van der Waals surface area contributed by atoms with E-state index in [1.54, 1.807) is 13.8 Å². The third-order valence-electron chi connectivity index (χ3n) is 3.10. The first kappa shape index (κ1) is 14.4. The molecule has 7 heteroatoms. The highest BCUT2D eigenvalue weighted by Crippen LogP contribution is 2.21. The largest absolute Gasteiger partial charge is 0.389 e. The Balaban J connectivity index is 2.31. The first-order valence-corrected chi connectivity index (χ1v) is 6.35. The minimum Gasteiger partial charge on any atom is -0.389 e. The van der Waals surface area contributed by atoms with E-state index in [-0.39, 0.29) is 17.1 Å². The number of imide groups is 1. The van der Waals surface area contributed by atoms with E-state index in [1.165, 1.54) is 18.2 Å². The quantitative estimate of drug-likeness (QED) is 0.651. The summed E-state index contributed by atoms with van der Waals surface area (Å²) in [5.74, 6) is -0.919. The Bertz CT molecular complexity index is 616. The second kappa shape index (κ2) is 4.82. The van der Waals surface area contributed by atoms with Gasteiger partial charge in [0.05, 0.1) is 6.54 Å². The number of nitrogens with one attached hydrogen (secondary N) is 1. The summed E-state index contributed by atoms with van der Waals surface area (Å²) < 4.78 is 13.8. The number of hydrogen-bond donors (Lipinski definition) is 2. The van der Waals surface area contributed by atoms with E-state index in [4.69, 9.17) is 18.0 Å². The smallest absolute Gasteiger partial charge is 0.325 e. The second-order valence-electron chi connectivity index (χ2n) is 5.12. The summed E-state index contributed by atoms with van der Waals surface area (Å²) in [6.07, 6.45) is 0. The highest BCUT2D eigenvalue weighted by molar-refractivity contribution is 7.80. The lowest BCUT2D eigenvalue weighted by Gasteiger charge is -2.16. The van der Waals surface area contributed by atoms with Gasteiger partial charge < -0.3 is 11.1 Å². The predicted octanol–water partition coefficient (Wildman–Crippen LogP) is 1.29. The molecule has 1 fully saturated rings. The van der Waals surface area contributed by atoms with E-state index in [0.717, 1.165) is 4.90 Å². The van der Waals surface area contributed by atoms with Crippen LogP contribution in [0.1, 0.15) is 25.0 Å². The molecule has 0 unspecified atom stereocenters. The zero-order valence-corrected chi connectivity index (χ0v) is 11.9. The summed E-state index contributed by atoms with van der Waals surface area (Å²) in [5, 5.41) is 2.53. The summed E-state index contributed by atoms with van der Waals surface area (Å²) in [4.78, 5) is 24.9. The number of carbonyl (C=O) groups is 2. The average molecular weight is 295 g/mol. The highest BCUT2D eigenvalue weighted by atomic mass is 32.1. The molecule has 1 aromatic rings. The predicted molar refractivity (Wildman–Crippen MR) is 75.4 cm³/mol. The molecule has 1 aromatic carbocycles. The van der Waals surface area contributed by atoms with Crippen molar-refractivity contribution in [2.45, 2.75) is 25.9 Å². The van der Waals surface area contributed by atoms with Gasteiger partial charge >= 0.3 is 6.03 Å². The molecule has 1 aliphatic heterocycles. The fourth-order valence-corrected chi connectivity index (χ4v) is 2.11. The summed E-state index contributed by atoms with van der Waals surface area (Å²) in [6, 6.07) is 3.58. The number of urea groups is 1. The van der Waals surface area contributed by atoms with Crippen LogP contribution in [0.25, 0.3) is 0 Å². The molecular formula is C13H14FN3O2S. The van der Waals surface area contributed by atoms with E-state index in [1.807, 2.05) is 0 Å². The van der Waals surface area contributed by atoms with Crippen molar-refractivity contribution in [2.24, 2.45) is 5.73 Å². The summed E-state index contributed by atoms with van der Waals surface area (Å²) >= 11 is 4.83. The number of nitrogens with two attached hydrogens (primary N) is 1. The Labute approximate surface area is 120 Å². The van der Waals surface area contributed by atoms with E-state index in [9.17, 15) is 14.0 Å². The molecule has 106 valence electrons. The molecule has 0 spiro atoms. The number of amides is 3. The molecule has 0 atom stereocenters. The van der Waals surface area contributed by atoms with Crippen LogP contribution in [0.15, 0.2) is 18.2 Å². The number of halogens is 1. The summed E-state index contributed by atoms with van der Waals surface area (Å²) in [5.41, 5.74) is 5.19. The third kappa shape index (κ3) is 2.49. The van der Waals surface area contributed by atoms with Crippen molar-refractivity contribution >= 4 is 29.1 Å². The van der Waals surface area contributed by atoms with E-state index in [0.29, 0.717) is 5.56 Å². The van der Waals surface area contributed by atoms with Gasteiger partial charge in [-0.3, -0.25) is 9.69 Å². The Hall–Kier alpha value is -2.02. The fourth-order valence-electron chi connectivity index (χ4n) is 1.98. The van der Waals surface area contributed by atoms with Crippen LogP contribution in [-0.2, 0) is 11.3 Å². The van der Waals surface area contributed by atoms with Crippen molar-refractivity contribution in [3.63, 3.8) is 0 Å². The van der Waals surface area contributed by atoms with Gasteiger partial charge in [0.1, 0.15) is 16.3 Å². The molecule has 1 aliphatic rings. The number of nitrogens with zero attached hydrogens (tertiary/aromatic N) is 1. The maximum atomic E-state index is 13.8. The standard InChI is InChI=1S/C13H14FN3O2S/c1-13(2)11(18)17(12(19)16-13)6-8-5-7(10(15)20)3-4-9(8)14/h3-5H,6H2,1-2H3,(H2,15,20)(H,16,19). The average Bonchev–Trinajstić information content (AvgIpc) is 2.53. The van der Waals surface area contributed by atoms with Gasteiger partial charge in [0.15, 0.2) is 0 Å². The van der Waals surface area contributed by atoms with E-state index in [2.05, 4.69) is 5.32 Å². The maximum Gasteiger partial charge on any atom is 0.325 e. The van der Waals surface area contributed by atoms with Crippen LogP contribution in [0.2, 0.25) is 0 Å². The minimum atomic E-state index is -0.978. The SMILES string of the molecule is CC1(C)NC(=O)N(Cc2cc(C(N)=S)ccc2F)C1=O. The highest BCUT2D eigenvalue weighted by Gasteiger charge is 2.44. The molecule has 0 saturated carbocycles. The molecule has 2 rings (SSSR count). The monoisotopic (exact) mass is 295 g/mol. The first-order valence-electron chi connectivity index (χ1n) is 5.95.